The summed E-state index contributed by atoms with van der Waals surface area (Å²) in [5.41, 5.74) is 6.33. The van der Waals surface area contributed by atoms with Crippen LogP contribution in [-0.2, 0) is 11.4 Å². The van der Waals surface area contributed by atoms with Gasteiger partial charge in [-0.15, -0.1) is 0 Å². The highest BCUT2D eigenvalue weighted by Gasteiger charge is 2.35. The average molecular weight is 342 g/mol. The third-order valence-electron chi connectivity index (χ3n) is 3.84. The van der Waals surface area contributed by atoms with Crippen molar-refractivity contribution in [3.63, 3.8) is 0 Å². The van der Waals surface area contributed by atoms with Gasteiger partial charge in [0.2, 0.25) is 5.91 Å². The number of carbonyl (C=O) groups excluding carboxylic acids is 3. The standard InChI is InChI=1S/C18H15FN2O4/c19-12-3-1-11(2-4-12)10-25-13-5-6-14-15(9-13)18(24)21(17(14)23)8-7-16(20)22/h1-6,9H,7-8,10H2,(H2,20,22). The Hall–Kier alpha value is -3.22. The summed E-state index contributed by atoms with van der Waals surface area (Å²) in [6.45, 7) is 0.153. The van der Waals surface area contributed by atoms with Crippen molar-refractivity contribution in [3.8, 4) is 5.75 Å². The number of hydrogen-bond donors (Lipinski definition) is 1. The van der Waals surface area contributed by atoms with Gasteiger partial charge in [0.25, 0.3) is 11.8 Å². The molecule has 7 heteroatoms. The third kappa shape index (κ3) is 3.50. The summed E-state index contributed by atoms with van der Waals surface area (Å²) in [4.78, 5) is 36.4. The molecule has 1 aliphatic rings. The van der Waals surface area contributed by atoms with Gasteiger partial charge in [0.05, 0.1) is 11.1 Å². The lowest BCUT2D eigenvalue weighted by Crippen LogP contribution is -2.33. The zero-order chi connectivity index (χ0) is 18.0. The molecule has 25 heavy (non-hydrogen) atoms. The van der Waals surface area contributed by atoms with Gasteiger partial charge in [-0.1, -0.05) is 12.1 Å². The van der Waals surface area contributed by atoms with Crippen LogP contribution in [0.3, 0.4) is 0 Å². The van der Waals surface area contributed by atoms with Gasteiger partial charge >= 0.3 is 0 Å². The van der Waals surface area contributed by atoms with Gasteiger partial charge in [0, 0.05) is 13.0 Å². The van der Waals surface area contributed by atoms with Crippen molar-refractivity contribution < 1.29 is 23.5 Å². The SMILES string of the molecule is NC(=O)CCN1C(=O)c2ccc(OCc3ccc(F)cc3)cc2C1=O. The summed E-state index contributed by atoms with van der Waals surface area (Å²) in [6, 6.07) is 10.5. The lowest BCUT2D eigenvalue weighted by Gasteiger charge is -2.11. The Labute approximate surface area is 143 Å². The number of primary amides is 1. The minimum absolute atomic E-state index is 0.0482. The Kier molecular flexibility index (Phi) is 4.47. The van der Waals surface area contributed by atoms with Crippen LogP contribution in [0.2, 0.25) is 0 Å². The van der Waals surface area contributed by atoms with Crippen LogP contribution < -0.4 is 10.5 Å². The molecule has 0 unspecified atom stereocenters. The van der Waals surface area contributed by atoms with Gasteiger partial charge in [-0.3, -0.25) is 19.3 Å². The summed E-state index contributed by atoms with van der Waals surface area (Å²) in [5.74, 6) is -1.43. The smallest absolute Gasteiger partial charge is 0.261 e. The van der Waals surface area contributed by atoms with E-state index >= 15 is 0 Å². The van der Waals surface area contributed by atoms with Crippen LogP contribution in [-0.4, -0.2) is 29.2 Å². The fourth-order valence-electron chi connectivity index (χ4n) is 2.53. The lowest BCUT2D eigenvalue weighted by molar-refractivity contribution is -0.118. The molecule has 0 fully saturated rings. The first-order valence-corrected chi connectivity index (χ1v) is 7.61. The van der Waals surface area contributed by atoms with Gasteiger partial charge < -0.3 is 10.5 Å². The van der Waals surface area contributed by atoms with Gasteiger partial charge in [-0.2, -0.15) is 0 Å². The van der Waals surface area contributed by atoms with Crippen LogP contribution in [0.4, 0.5) is 4.39 Å². The maximum atomic E-state index is 12.9. The number of carbonyl (C=O) groups is 3. The van der Waals surface area contributed by atoms with E-state index in [-0.39, 0.29) is 36.5 Å². The van der Waals surface area contributed by atoms with Crippen LogP contribution in [0.15, 0.2) is 42.5 Å². The minimum atomic E-state index is -0.583. The van der Waals surface area contributed by atoms with Crippen LogP contribution in [0, 0.1) is 5.82 Å². The van der Waals surface area contributed by atoms with Crippen molar-refractivity contribution in [3.05, 3.63) is 65.0 Å². The van der Waals surface area contributed by atoms with E-state index < -0.39 is 17.7 Å². The second kappa shape index (κ2) is 6.72. The molecule has 6 nitrogen and oxygen atoms in total. The fourth-order valence-corrected chi connectivity index (χ4v) is 2.53. The maximum Gasteiger partial charge on any atom is 0.261 e. The van der Waals surface area contributed by atoms with Crippen molar-refractivity contribution in [2.24, 2.45) is 5.73 Å². The Morgan fingerprint density at radius 1 is 1.04 bits per heavy atom. The highest BCUT2D eigenvalue weighted by atomic mass is 19.1. The van der Waals surface area contributed by atoms with E-state index in [1.54, 1.807) is 18.2 Å². The van der Waals surface area contributed by atoms with E-state index in [1.807, 2.05) is 0 Å². The summed E-state index contributed by atoms with van der Waals surface area (Å²) < 4.78 is 18.5. The average Bonchev–Trinajstić information content (AvgIpc) is 2.83. The first-order valence-electron chi connectivity index (χ1n) is 7.61. The number of fused-ring (bicyclic) bond motifs is 1. The molecule has 0 saturated heterocycles. The number of benzene rings is 2. The Morgan fingerprint density at radius 2 is 1.72 bits per heavy atom. The topological polar surface area (TPSA) is 89.7 Å². The molecular weight excluding hydrogens is 327 g/mol. The van der Waals surface area contributed by atoms with Gasteiger partial charge in [-0.25, -0.2) is 4.39 Å². The van der Waals surface area contributed by atoms with E-state index in [1.165, 1.54) is 24.3 Å². The summed E-state index contributed by atoms with van der Waals surface area (Å²) in [5, 5.41) is 0. The molecule has 1 aliphatic heterocycles. The second-order valence-electron chi connectivity index (χ2n) is 5.60. The van der Waals surface area contributed by atoms with Gasteiger partial charge in [0.1, 0.15) is 18.2 Å². The molecule has 0 aromatic heterocycles. The largest absolute Gasteiger partial charge is 0.489 e. The molecule has 0 spiro atoms. The van der Waals surface area contributed by atoms with E-state index in [0.717, 1.165) is 10.5 Å². The first-order chi connectivity index (χ1) is 12.0. The van der Waals surface area contributed by atoms with Crippen molar-refractivity contribution in [2.45, 2.75) is 13.0 Å². The molecule has 0 radical (unpaired) electrons. The molecule has 2 aromatic carbocycles. The zero-order valence-corrected chi connectivity index (χ0v) is 13.2. The predicted molar refractivity (Wildman–Crippen MR) is 86.4 cm³/mol. The second-order valence-corrected chi connectivity index (χ2v) is 5.60. The molecule has 0 bridgehead atoms. The number of hydrogen-bond acceptors (Lipinski definition) is 4. The molecule has 128 valence electrons. The normalized spacial score (nSPS) is 13.1. The number of ether oxygens (including phenoxy) is 1. The number of halogens is 1. The van der Waals surface area contributed by atoms with Crippen LogP contribution in [0.5, 0.6) is 5.75 Å². The molecule has 3 amide bonds. The van der Waals surface area contributed by atoms with Crippen molar-refractivity contribution in [2.75, 3.05) is 6.54 Å². The van der Waals surface area contributed by atoms with Crippen LogP contribution in [0.1, 0.15) is 32.7 Å². The summed E-state index contributed by atoms with van der Waals surface area (Å²) in [6.07, 6.45) is -0.0839. The van der Waals surface area contributed by atoms with Crippen molar-refractivity contribution in [1.29, 1.82) is 0 Å². The molecule has 0 aliphatic carbocycles. The van der Waals surface area contributed by atoms with Crippen LogP contribution in [0.25, 0.3) is 0 Å². The number of rotatable bonds is 6. The van der Waals surface area contributed by atoms with E-state index in [0.29, 0.717) is 5.75 Å². The predicted octanol–water partition coefficient (Wildman–Crippen LogP) is 1.88. The number of imide groups is 1. The quantitative estimate of drug-likeness (QED) is 0.812. The Balaban J connectivity index is 1.73. The number of nitrogens with two attached hydrogens (primary N) is 1. The summed E-state index contributed by atoms with van der Waals surface area (Å²) >= 11 is 0. The van der Waals surface area contributed by atoms with Crippen molar-refractivity contribution in [1.82, 2.24) is 4.90 Å². The molecular formula is C18H15FN2O4. The minimum Gasteiger partial charge on any atom is -0.489 e. The molecule has 2 N–H and O–H groups in total. The van der Waals surface area contributed by atoms with E-state index in [9.17, 15) is 18.8 Å². The van der Waals surface area contributed by atoms with E-state index in [2.05, 4.69) is 0 Å². The fraction of sp³-hybridized carbons (Fsp3) is 0.167. The Bertz CT molecular complexity index is 849. The maximum absolute atomic E-state index is 12.9. The summed E-state index contributed by atoms with van der Waals surface area (Å²) in [7, 11) is 0. The monoisotopic (exact) mass is 342 g/mol. The van der Waals surface area contributed by atoms with Crippen molar-refractivity contribution >= 4 is 17.7 Å². The van der Waals surface area contributed by atoms with Gasteiger partial charge in [0.15, 0.2) is 0 Å². The first kappa shape index (κ1) is 16.6. The lowest BCUT2D eigenvalue weighted by atomic mass is 10.1. The van der Waals surface area contributed by atoms with E-state index in [4.69, 9.17) is 10.5 Å². The van der Waals surface area contributed by atoms with Gasteiger partial charge in [-0.05, 0) is 35.9 Å². The molecule has 0 saturated carbocycles. The highest BCUT2D eigenvalue weighted by molar-refractivity contribution is 6.21. The zero-order valence-electron chi connectivity index (χ0n) is 13.2. The molecule has 3 rings (SSSR count). The molecule has 1 heterocycles. The van der Waals surface area contributed by atoms with Crippen LogP contribution >= 0.6 is 0 Å². The number of amides is 3. The number of nitrogens with zero attached hydrogens (tertiary/aromatic N) is 1. The third-order valence-corrected chi connectivity index (χ3v) is 3.84. The highest BCUT2D eigenvalue weighted by Crippen LogP contribution is 2.27. The molecule has 2 aromatic rings. The molecule has 0 atom stereocenters. The Morgan fingerprint density at radius 3 is 2.40 bits per heavy atom.